The summed E-state index contributed by atoms with van der Waals surface area (Å²) in [7, 11) is -1.96. The van der Waals surface area contributed by atoms with Gasteiger partial charge in [0.1, 0.15) is 10.6 Å². The minimum absolute atomic E-state index is 0.227. The van der Waals surface area contributed by atoms with Gasteiger partial charge >= 0.3 is 0 Å². The molecular formula is C11H13NO3S. The Kier molecular flexibility index (Phi) is 2.52. The van der Waals surface area contributed by atoms with Crippen LogP contribution in [0.2, 0.25) is 0 Å². The highest BCUT2D eigenvalue weighted by atomic mass is 32.2. The lowest BCUT2D eigenvalue weighted by Gasteiger charge is -2.09. The fraction of sp³-hybridized carbons (Fsp3) is 0.273. The summed E-state index contributed by atoms with van der Waals surface area (Å²) in [5, 5.41) is 1.23. The Labute approximate surface area is 94.6 Å². The molecule has 1 aromatic carbocycles. The monoisotopic (exact) mass is 239 g/mol. The summed E-state index contributed by atoms with van der Waals surface area (Å²) in [4.78, 5) is 0.227. The van der Waals surface area contributed by atoms with Crippen LogP contribution < -0.4 is 10.5 Å². The maximum absolute atomic E-state index is 11.9. The van der Waals surface area contributed by atoms with Crippen LogP contribution in [0.3, 0.4) is 0 Å². The lowest BCUT2D eigenvalue weighted by Crippen LogP contribution is -2.15. The Morgan fingerprint density at radius 1 is 1.38 bits per heavy atom. The quantitative estimate of drug-likeness (QED) is 0.841. The van der Waals surface area contributed by atoms with Crippen molar-refractivity contribution >= 4 is 15.4 Å². The Morgan fingerprint density at radius 3 is 2.62 bits per heavy atom. The fourth-order valence-corrected chi connectivity index (χ4v) is 3.56. The van der Waals surface area contributed by atoms with Crippen LogP contribution in [0.1, 0.15) is 12.5 Å². The molecular weight excluding hydrogens is 226 g/mol. The topological polar surface area (TPSA) is 69.4 Å². The van der Waals surface area contributed by atoms with Gasteiger partial charge in [0, 0.05) is 17.0 Å². The number of hydrogen-bond acceptors (Lipinski definition) is 4. The van der Waals surface area contributed by atoms with Crippen molar-refractivity contribution < 1.29 is 13.2 Å². The molecule has 1 unspecified atom stereocenters. The van der Waals surface area contributed by atoms with Crippen molar-refractivity contribution in [2.75, 3.05) is 7.11 Å². The molecule has 86 valence electrons. The molecule has 5 heteroatoms. The molecule has 0 bridgehead atoms. The molecule has 1 aromatic rings. The zero-order valence-corrected chi connectivity index (χ0v) is 9.91. The average Bonchev–Trinajstić information content (AvgIpc) is 2.51. The normalized spacial score (nSPS) is 18.8. The Bertz CT molecular complexity index is 559. The number of ether oxygens (including phenoxy) is 1. The van der Waals surface area contributed by atoms with E-state index in [9.17, 15) is 8.42 Å². The Balaban J connectivity index is 2.76. The molecule has 0 amide bonds. The molecule has 1 aliphatic rings. The van der Waals surface area contributed by atoms with Gasteiger partial charge in [0.2, 0.25) is 9.84 Å². The highest BCUT2D eigenvalue weighted by Crippen LogP contribution is 2.40. The van der Waals surface area contributed by atoms with Crippen LogP contribution in [0.5, 0.6) is 5.75 Å². The van der Waals surface area contributed by atoms with Crippen LogP contribution in [0, 0.1) is 0 Å². The molecule has 0 saturated carbocycles. The van der Waals surface area contributed by atoms with E-state index in [0.717, 1.165) is 0 Å². The first-order valence-electron chi connectivity index (χ1n) is 4.87. The second-order valence-electron chi connectivity index (χ2n) is 3.74. The van der Waals surface area contributed by atoms with Crippen LogP contribution in [0.4, 0.5) is 0 Å². The maximum atomic E-state index is 11.9. The van der Waals surface area contributed by atoms with Gasteiger partial charge in [-0.3, -0.25) is 0 Å². The molecule has 1 heterocycles. The molecule has 4 nitrogen and oxygen atoms in total. The molecule has 0 spiro atoms. The van der Waals surface area contributed by atoms with Crippen LogP contribution in [-0.4, -0.2) is 21.6 Å². The van der Waals surface area contributed by atoms with E-state index < -0.39 is 9.84 Å². The molecule has 16 heavy (non-hydrogen) atoms. The molecule has 2 N–H and O–H groups in total. The smallest absolute Gasteiger partial charge is 0.204 e. The number of sulfone groups is 1. The highest BCUT2D eigenvalue weighted by molar-refractivity contribution is 7.95. The second kappa shape index (κ2) is 3.61. The predicted octanol–water partition coefficient (Wildman–Crippen LogP) is 1.17. The van der Waals surface area contributed by atoms with E-state index in [1.165, 1.54) is 12.5 Å². The molecule has 0 radical (unpaired) electrons. The van der Waals surface area contributed by atoms with Gasteiger partial charge in [0.15, 0.2) is 0 Å². The van der Waals surface area contributed by atoms with E-state index >= 15 is 0 Å². The van der Waals surface area contributed by atoms with Gasteiger partial charge in [-0.2, -0.15) is 0 Å². The lowest BCUT2D eigenvalue weighted by atomic mass is 10.0. The predicted molar refractivity (Wildman–Crippen MR) is 61.8 cm³/mol. The summed E-state index contributed by atoms with van der Waals surface area (Å²) < 4.78 is 28.9. The third-order valence-electron chi connectivity index (χ3n) is 2.57. The van der Waals surface area contributed by atoms with Crippen molar-refractivity contribution in [2.24, 2.45) is 5.73 Å². The number of nitrogens with two attached hydrogens (primary N) is 1. The molecule has 1 atom stereocenters. The van der Waals surface area contributed by atoms with Crippen LogP contribution >= 0.6 is 0 Å². The van der Waals surface area contributed by atoms with Crippen LogP contribution in [0.15, 0.2) is 28.5 Å². The standard InChI is InChI=1S/C11H13NO3S/c1-7(12)9-6-16(13,14)11-8(9)4-3-5-10(11)15-2/h3-7H,12H2,1-2H3. The summed E-state index contributed by atoms with van der Waals surface area (Å²) in [6.07, 6.45) is 0. The Hall–Kier alpha value is -1.33. The third-order valence-corrected chi connectivity index (χ3v) is 4.12. The zero-order valence-electron chi connectivity index (χ0n) is 9.10. The third kappa shape index (κ3) is 1.52. The summed E-state index contributed by atoms with van der Waals surface area (Å²) in [6.45, 7) is 1.76. The number of fused-ring (bicyclic) bond motifs is 1. The fourth-order valence-electron chi connectivity index (χ4n) is 1.84. The van der Waals surface area contributed by atoms with Crippen molar-refractivity contribution in [2.45, 2.75) is 17.9 Å². The first-order valence-corrected chi connectivity index (χ1v) is 6.41. The van der Waals surface area contributed by atoms with Crippen molar-refractivity contribution in [3.05, 3.63) is 29.2 Å². The SMILES string of the molecule is COc1cccc2c1S(=O)(=O)C=C2C(C)N. The highest BCUT2D eigenvalue weighted by Gasteiger charge is 2.31. The molecule has 1 aliphatic heterocycles. The molecule has 2 rings (SSSR count). The van der Waals surface area contributed by atoms with E-state index in [1.54, 1.807) is 25.1 Å². The van der Waals surface area contributed by atoms with Gasteiger partial charge < -0.3 is 10.5 Å². The second-order valence-corrected chi connectivity index (χ2v) is 5.48. The van der Waals surface area contributed by atoms with E-state index in [2.05, 4.69) is 0 Å². The minimum atomic E-state index is -3.41. The van der Waals surface area contributed by atoms with Crippen LogP contribution in [0.25, 0.3) is 5.57 Å². The van der Waals surface area contributed by atoms with Gasteiger partial charge in [-0.25, -0.2) is 8.42 Å². The summed E-state index contributed by atoms with van der Waals surface area (Å²) in [5.74, 6) is 0.365. The maximum Gasteiger partial charge on any atom is 0.204 e. The van der Waals surface area contributed by atoms with E-state index in [4.69, 9.17) is 10.5 Å². The van der Waals surface area contributed by atoms with Crippen molar-refractivity contribution in [1.29, 1.82) is 0 Å². The number of hydrogen-bond donors (Lipinski definition) is 1. The van der Waals surface area contributed by atoms with Gasteiger partial charge in [-0.15, -0.1) is 0 Å². The van der Waals surface area contributed by atoms with Gasteiger partial charge in [0.05, 0.1) is 7.11 Å². The van der Waals surface area contributed by atoms with Crippen LogP contribution in [-0.2, 0) is 9.84 Å². The largest absolute Gasteiger partial charge is 0.495 e. The first-order chi connectivity index (χ1) is 7.47. The Morgan fingerprint density at radius 2 is 2.06 bits per heavy atom. The number of rotatable bonds is 2. The van der Waals surface area contributed by atoms with Gasteiger partial charge in [-0.05, 0) is 18.6 Å². The van der Waals surface area contributed by atoms with E-state index in [0.29, 0.717) is 16.9 Å². The molecule has 0 saturated heterocycles. The summed E-state index contributed by atoms with van der Waals surface area (Å²) in [5.41, 5.74) is 7.03. The van der Waals surface area contributed by atoms with E-state index in [-0.39, 0.29) is 10.9 Å². The molecule has 0 aliphatic carbocycles. The molecule has 0 fully saturated rings. The van der Waals surface area contributed by atoms with Crippen molar-refractivity contribution in [3.63, 3.8) is 0 Å². The number of benzene rings is 1. The summed E-state index contributed by atoms with van der Waals surface area (Å²) >= 11 is 0. The zero-order chi connectivity index (χ0) is 11.9. The molecule has 0 aromatic heterocycles. The van der Waals surface area contributed by atoms with Gasteiger partial charge in [-0.1, -0.05) is 12.1 Å². The minimum Gasteiger partial charge on any atom is -0.495 e. The number of methoxy groups -OCH3 is 1. The van der Waals surface area contributed by atoms with Gasteiger partial charge in [0.25, 0.3) is 0 Å². The average molecular weight is 239 g/mol. The summed E-state index contributed by atoms with van der Waals surface area (Å²) in [6, 6.07) is 4.82. The van der Waals surface area contributed by atoms with Crippen molar-refractivity contribution in [3.8, 4) is 5.75 Å². The lowest BCUT2D eigenvalue weighted by molar-refractivity contribution is 0.403. The first kappa shape index (κ1) is 11.2. The van der Waals surface area contributed by atoms with Crippen molar-refractivity contribution in [1.82, 2.24) is 0 Å². The van der Waals surface area contributed by atoms with E-state index in [1.807, 2.05) is 0 Å².